The number of nitro groups is 1. The van der Waals surface area contributed by atoms with Crippen molar-refractivity contribution in [1.82, 2.24) is 10.4 Å². The van der Waals surface area contributed by atoms with E-state index in [0.29, 0.717) is 24.7 Å². The smallest absolute Gasteiger partial charge is 0.367 e. The summed E-state index contributed by atoms with van der Waals surface area (Å²) in [6.07, 6.45) is -0.179. The number of nitrogens with two attached hydrogens (primary N) is 1. The molecule has 0 saturated heterocycles. The van der Waals surface area contributed by atoms with Gasteiger partial charge in [-0.15, -0.1) is 16.3 Å². The molecule has 2 aliphatic rings. The standard InChI is InChI=1S/C18H19ClN6O2S.ClH/c1-4-23-16-8-21-17(11-5-9(2)28-10(11)3)12-6-13(19)15(25(26)27)7-14(12)24(16)18(20)22-23;/h5-7,16H,4,8H2,1-3H3,(H2,20,22);1H. The van der Waals surface area contributed by atoms with Gasteiger partial charge in [0.25, 0.3) is 5.69 Å². The zero-order valence-electron chi connectivity index (χ0n) is 16.1. The lowest BCUT2D eigenvalue weighted by molar-refractivity contribution is -0.497. The van der Waals surface area contributed by atoms with Gasteiger partial charge < -0.3 is 12.4 Å². The van der Waals surface area contributed by atoms with Crippen LogP contribution in [-0.4, -0.2) is 45.4 Å². The van der Waals surface area contributed by atoms with Crippen molar-refractivity contribution >= 4 is 46.0 Å². The van der Waals surface area contributed by atoms with Crippen LogP contribution in [0.5, 0.6) is 0 Å². The summed E-state index contributed by atoms with van der Waals surface area (Å²) >= 11 is 7.96. The maximum absolute atomic E-state index is 11.5. The highest BCUT2D eigenvalue weighted by Gasteiger charge is 2.41. The molecule has 0 bridgehead atoms. The zero-order chi connectivity index (χ0) is 20.2. The SMILES string of the molecule is CCN1NC(N)=[N+]2c3cc([N+](=O)[O-])c(Cl)cc3C(c3cc(C)sc3C)=NCC12.[Cl-]. The molecule has 0 saturated carbocycles. The van der Waals surface area contributed by atoms with Crippen molar-refractivity contribution in [3.8, 4) is 0 Å². The van der Waals surface area contributed by atoms with Crippen LogP contribution in [0.4, 0.5) is 11.4 Å². The van der Waals surface area contributed by atoms with E-state index in [1.165, 1.54) is 10.9 Å². The molecule has 0 spiro atoms. The van der Waals surface area contributed by atoms with Gasteiger partial charge in [-0.3, -0.25) is 20.8 Å². The number of aryl methyl sites for hydroxylation is 2. The number of nitro benzene ring substituents is 1. The van der Waals surface area contributed by atoms with Gasteiger partial charge in [0.05, 0.1) is 23.2 Å². The number of thiophene rings is 1. The fourth-order valence-corrected chi connectivity index (χ4v) is 4.93. The molecule has 154 valence electrons. The summed E-state index contributed by atoms with van der Waals surface area (Å²) < 4.78 is 1.87. The summed E-state index contributed by atoms with van der Waals surface area (Å²) in [5.74, 6) is 0.416. The second kappa shape index (κ2) is 7.91. The molecule has 1 aromatic heterocycles. The highest BCUT2D eigenvalue weighted by atomic mass is 35.5. The number of hydrogen-bond acceptors (Lipinski definition) is 7. The van der Waals surface area contributed by atoms with Crippen molar-refractivity contribution in [3.63, 3.8) is 0 Å². The van der Waals surface area contributed by atoms with Crippen LogP contribution in [0.3, 0.4) is 0 Å². The Morgan fingerprint density at radius 2 is 2.14 bits per heavy atom. The molecular weight excluding hydrogens is 435 g/mol. The molecule has 2 aromatic rings. The molecule has 11 heteroatoms. The molecule has 8 nitrogen and oxygen atoms in total. The molecule has 0 amide bonds. The highest BCUT2D eigenvalue weighted by molar-refractivity contribution is 7.12. The Hall–Kier alpha value is -2.20. The maximum atomic E-state index is 11.5. The van der Waals surface area contributed by atoms with Crippen molar-refractivity contribution in [1.29, 1.82) is 0 Å². The average molecular weight is 455 g/mol. The number of hydrogen-bond donors (Lipinski definition) is 2. The third-order valence-corrected chi connectivity index (χ3v) is 6.27. The summed E-state index contributed by atoms with van der Waals surface area (Å²) in [6.45, 7) is 7.28. The lowest BCUT2D eigenvalue weighted by Crippen LogP contribution is -3.00. The fourth-order valence-electron chi connectivity index (χ4n) is 3.77. The predicted octanol–water partition coefficient (Wildman–Crippen LogP) is -0.0936. The first kappa shape index (κ1) is 21.5. The Morgan fingerprint density at radius 3 is 2.72 bits per heavy atom. The van der Waals surface area contributed by atoms with Crippen LogP contribution in [0.15, 0.2) is 23.2 Å². The average Bonchev–Trinajstić information content (AvgIpc) is 3.07. The van der Waals surface area contributed by atoms with Crippen LogP contribution in [0.1, 0.15) is 27.8 Å². The van der Waals surface area contributed by atoms with Crippen LogP contribution in [0, 0.1) is 24.0 Å². The molecule has 1 aromatic carbocycles. The molecule has 0 fully saturated rings. The van der Waals surface area contributed by atoms with Crippen molar-refractivity contribution in [2.24, 2.45) is 10.7 Å². The van der Waals surface area contributed by atoms with Gasteiger partial charge in [-0.25, -0.2) is 4.58 Å². The van der Waals surface area contributed by atoms with Gasteiger partial charge in [0.1, 0.15) is 10.7 Å². The van der Waals surface area contributed by atoms with Gasteiger partial charge in [0.15, 0.2) is 6.17 Å². The number of hydrazine groups is 1. The normalized spacial score (nSPS) is 18.3. The Morgan fingerprint density at radius 1 is 1.41 bits per heavy atom. The van der Waals surface area contributed by atoms with Crippen LogP contribution in [-0.2, 0) is 0 Å². The third-order valence-electron chi connectivity index (χ3n) is 5.00. The van der Waals surface area contributed by atoms with E-state index < -0.39 is 4.92 Å². The van der Waals surface area contributed by atoms with Crippen LogP contribution in [0.25, 0.3) is 0 Å². The fraction of sp³-hybridized carbons (Fsp3) is 0.333. The van der Waals surface area contributed by atoms with E-state index >= 15 is 0 Å². The van der Waals surface area contributed by atoms with Crippen LogP contribution >= 0.6 is 22.9 Å². The molecular formula is C18H20Cl2N6O2S. The summed E-state index contributed by atoms with van der Waals surface area (Å²) in [4.78, 5) is 18.3. The summed E-state index contributed by atoms with van der Waals surface area (Å²) in [5, 5.41) is 13.6. The number of nitrogens with one attached hydrogen (secondary N) is 1. The van der Waals surface area contributed by atoms with Gasteiger partial charge >= 0.3 is 5.96 Å². The molecule has 3 N–H and O–H groups in total. The minimum atomic E-state index is -0.476. The molecule has 2 aliphatic heterocycles. The first-order valence-corrected chi connectivity index (χ1v) is 10.1. The van der Waals surface area contributed by atoms with E-state index in [-0.39, 0.29) is 29.3 Å². The molecule has 3 heterocycles. The summed E-state index contributed by atoms with van der Waals surface area (Å²) in [6, 6.07) is 5.22. The molecule has 0 radical (unpaired) electrons. The minimum Gasteiger partial charge on any atom is -1.00 e. The lowest BCUT2D eigenvalue weighted by atomic mass is 10.00. The van der Waals surface area contributed by atoms with Gasteiger partial charge in [0.2, 0.25) is 0 Å². The quantitative estimate of drug-likeness (QED) is 0.383. The van der Waals surface area contributed by atoms with E-state index in [1.807, 2.05) is 16.5 Å². The first-order chi connectivity index (χ1) is 13.3. The lowest BCUT2D eigenvalue weighted by Gasteiger charge is -2.18. The number of fused-ring (bicyclic) bond motifs is 3. The van der Waals surface area contributed by atoms with E-state index in [2.05, 4.69) is 25.3 Å². The monoisotopic (exact) mass is 454 g/mol. The van der Waals surface area contributed by atoms with Gasteiger partial charge in [0, 0.05) is 27.4 Å². The number of guanidine groups is 1. The van der Waals surface area contributed by atoms with E-state index in [9.17, 15) is 10.1 Å². The zero-order valence-corrected chi connectivity index (χ0v) is 18.4. The Kier molecular flexibility index (Phi) is 5.86. The van der Waals surface area contributed by atoms with Gasteiger partial charge in [-0.1, -0.05) is 11.6 Å². The van der Waals surface area contributed by atoms with Crippen molar-refractivity contribution in [3.05, 3.63) is 54.2 Å². The summed E-state index contributed by atoms with van der Waals surface area (Å²) in [7, 11) is 0. The van der Waals surface area contributed by atoms with Crippen molar-refractivity contribution in [2.75, 3.05) is 13.1 Å². The molecule has 1 unspecified atom stereocenters. The molecule has 0 aliphatic carbocycles. The second-order valence-corrected chi connectivity index (χ2v) is 8.60. The Labute approximate surface area is 183 Å². The number of rotatable bonds is 3. The first-order valence-electron chi connectivity index (χ1n) is 8.87. The topological polar surface area (TPSA) is 99.8 Å². The van der Waals surface area contributed by atoms with Crippen LogP contribution in [0.2, 0.25) is 5.02 Å². The van der Waals surface area contributed by atoms with E-state index in [4.69, 9.17) is 22.3 Å². The molecule has 29 heavy (non-hydrogen) atoms. The second-order valence-electron chi connectivity index (χ2n) is 6.73. The molecule has 4 rings (SSSR count). The minimum absolute atomic E-state index is 0. The number of nitrogens with zero attached hydrogens (tertiary/aromatic N) is 4. The van der Waals surface area contributed by atoms with Crippen LogP contribution < -0.4 is 23.6 Å². The number of aliphatic imine (C=N–C) groups is 1. The highest BCUT2D eigenvalue weighted by Crippen LogP contribution is 2.38. The van der Waals surface area contributed by atoms with E-state index in [1.54, 1.807) is 17.4 Å². The Balaban J connectivity index is 0.00000240. The Bertz CT molecular complexity index is 1060. The number of benzene rings is 1. The van der Waals surface area contributed by atoms with Crippen molar-refractivity contribution in [2.45, 2.75) is 26.9 Å². The summed E-state index contributed by atoms with van der Waals surface area (Å²) in [5.41, 5.74) is 12.4. The maximum Gasteiger partial charge on any atom is 0.367 e. The van der Waals surface area contributed by atoms with Gasteiger partial charge in [-0.2, -0.15) is 5.43 Å². The van der Waals surface area contributed by atoms with E-state index in [0.717, 1.165) is 21.7 Å². The van der Waals surface area contributed by atoms with Gasteiger partial charge in [-0.05, 0) is 32.9 Å². The van der Waals surface area contributed by atoms with Crippen molar-refractivity contribution < 1.29 is 21.9 Å². The molecule has 1 atom stereocenters. The number of likely N-dealkylation sites (N-methyl/N-ethyl adjacent to an activating group) is 1. The largest absolute Gasteiger partial charge is 1.00 e. The third kappa shape index (κ3) is 3.48. The number of halogens is 2. The predicted molar refractivity (Wildman–Crippen MR) is 111 cm³/mol.